The number of sulfonamides is 1. The van der Waals surface area contributed by atoms with Crippen molar-refractivity contribution in [3.8, 4) is 0 Å². The Morgan fingerprint density at radius 2 is 2.00 bits per heavy atom. The van der Waals surface area contributed by atoms with Crippen molar-refractivity contribution in [3.63, 3.8) is 0 Å². The lowest BCUT2D eigenvalue weighted by atomic mass is 10.0. The lowest BCUT2D eigenvalue weighted by Gasteiger charge is -2.30. The van der Waals surface area contributed by atoms with E-state index in [-0.39, 0.29) is 11.7 Å². The number of hydrogen-bond acceptors (Lipinski definition) is 4. The number of amides is 1. The van der Waals surface area contributed by atoms with E-state index in [0.717, 1.165) is 29.0 Å². The van der Waals surface area contributed by atoms with Gasteiger partial charge in [0.05, 0.1) is 17.1 Å². The molecule has 0 aliphatic carbocycles. The molecule has 0 aromatic heterocycles. The summed E-state index contributed by atoms with van der Waals surface area (Å²) in [5, 5.41) is 2.95. The number of benzene rings is 2. The van der Waals surface area contributed by atoms with Crippen molar-refractivity contribution in [2.75, 3.05) is 28.2 Å². The summed E-state index contributed by atoms with van der Waals surface area (Å²) in [6.07, 6.45) is 3.49. The first-order valence-electron chi connectivity index (χ1n) is 8.54. The maximum Gasteiger partial charge on any atom is 0.255 e. The minimum atomic E-state index is -3.30. The lowest BCUT2D eigenvalue weighted by molar-refractivity contribution is 0.102. The van der Waals surface area contributed by atoms with Gasteiger partial charge in [-0.3, -0.25) is 9.10 Å². The highest BCUT2D eigenvalue weighted by Gasteiger charge is 2.26. The summed E-state index contributed by atoms with van der Waals surface area (Å²) >= 11 is 1.57. The molecule has 0 spiro atoms. The van der Waals surface area contributed by atoms with Gasteiger partial charge in [-0.2, -0.15) is 0 Å². The second-order valence-corrected chi connectivity index (χ2v) is 9.10. The fourth-order valence-corrected chi connectivity index (χ4v) is 4.84. The number of carbonyl (C=O) groups excluding carboxylic acids is 1. The van der Waals surface area contributed by atoms with E-state index in [0.29, 0.717) is 17.8 Å². The molecule has 5 nitrogen and oxygen atoms in total. The van der Waals surface area contributed by atoms with E-state index in [2.05, 4.69) is 5.32 Å². The van der Waals surface area contributed by atoms with Crippen LogP contribution in [0.2, 0.25) is 0 Å². The van der Waals surface area contributed by atoms with E-state index in [1.165, 1.54) is 4.31 Å². The standard InChI is InChI=1S/C19H22N2O3S2/c1-3-26(23,24)21-12-6-7-14-13-15(10-11-17(14)21)19(22)20-16-8-4-5-9-18(16)25-2/h4-5,8-11,13H,3,6-7,12H2,1-2H3,(H,20,22). The Bertz CT molecular complexity index is 926. The number of nitrogens with one attached hydrogen (secondary N) is 1. The molecule has 26 heavy (non-hydrogen) atoms. The van der Waals surface area contributed by atoms with Crippen molar-refractivity contribution in [1.82, 2.24) is 0 Å². The SMILES string of the molecule is CCS(=O)(=O)N1CCCc2cc(C(=O)Nc3ccccc3SC)ccc21. The molecule has 2 aromatic rings. The van der Waals surface area contributed by atoms with Crippen LogP contribution in [0.25, 0.3) is 0 Å². The predicted molar refractivity (Wildman–Crippen MR) is 108 cm³/mol. The van der Waals surface area contributed by atoms with Gasteiger partial charge < -0.3 is 5.32 Å². The monoisotopic (exact) mass is 390 g/mol. The zero-order valence-corrected chi connectivity index (χ0v) is 16.5. The molecule has 0 radical (unpaired) electrons. The molecule has 0 bridgehead atoms. The molecule has 0 unspecified atom stereocenters. The highest BCUT2D eigenvalue weighted by molar-refractivity contribution is 7.98. The van der Waals surface area contributed by atoms with Gasteiger partial charge in [0.25, 0.3) is 5.91 Å². The van der Waals surface area contributed by atoms with E-state index >= 15 is 0 Å². The third-order valence-electron chi connectivity index (χ3n) is 4.47. The molecule has 3 rings (SSSR count). The third-order valence-corrected chi connectivity index (χ3v) is 7.05. The fourth-order valence-electron chi connectivity index (χ4n) is 3.09. The number of carbonyl (C=O) groups is 1. The van der Waals surface area contributed by atoms with Crippen molar-refractivity contribution in [1.29, 1.82) is 0 Å². The largest absolute Gasteiger partial charge is 0.321 e. The topological polar surface area (TPSA) is 66.5 Å². The van der Waals surface area contributed by atoms with E-state index in [1.807, 2.05) is 36.6 Å². The van der Waals surface area contributed by atoms with E-state index in [1.54, 1.807) is 30.8 Å². The van der Waals surface area contributed by atoms with Crippen LogP contribution in [0.15, 0.2) is 47.4 Å². The summed E-state index contributed by atoms with van der Waals surface area (Å²) in [5.41, 5.74) is 2.91. The molecule has 1 aliphatic rings. The average Bonchev–Trinajstić information content (AvgIpc) is 2.67. The van der Waals surface area contributed by atoms with Crippen LogP contribution in [0.3, 0.4) is 0 Å². The second-order valence-electron chi connectivity index (χ2n) is 6.07. The number of anilines is 2. The molecule has 1 aliphatic heterocycles. The smallest absolute Gasteiger partial charge is 0.255 e. The van der Waals surface area contributed by atoms with E-state index in [4.69, 9.17) is 0 Å². The van der Waals surface area contributed by atoms with Crippen LogP contribution in [0.5, 0.6) is 0 Å². The predicted octanol–water partition coefficient (Wildman–Crippen LogP) is 3.76. The first-order chi connectivity index (χ1) is 12.5. The zero-order valence-electron chi connectivity index (χ0n) is 14.9. The number of rotatable bonds is 5. The first kappa shape index (κ1) is 18.8. The summed E-state index contributed by atoms with van der Waals surface area (Å²) < 4.78 is 26.1. The van der Waals surface area contributed by atoms with Crippen molar-refractivity contribution in [3.05, 3.63) is 53.6 Å². The number of para-hydroxylation sites is 1. The Balaban J connectivity index is 1.88. The van der Waals surface area contributed by atoms with Crippen LogP contribution in [-0.4, -0.2) is 32.9 Å². The van der Waals surface area contributed by atoms with Crippen LogP contribution < -0.4 is 9.62 Å². The Morgan fingerprint density at radius 1 is 1.23 bits per heavy atom. The maximum atomic E-state index is 12.7. The molecular formula is C19H22N2O3S2. The van der Waals surface area contributed by atoms with Gasteiger partial charge in [-0.15, -0.1) is 11.8 Å². The van der Waals surface area contributed by atoms with Gasteiger partial charge in [0.15, 0.2) is 0 Å². The Hall–Kier alpha value is -1.99. The Morgan fingerprint density at radius 3 is 2.73 bits per heavy atom. The summed E-state index contributed by atoms with van der Waals surface area (Å²) in [7, 11) is -3.30. The molecule has 1 heterocycles. The summed E-state index contributed by atoms with van der Waals surface area (Å²) in [6, 6.07) is 12.9. The van der Waals surface area contributed by atoms with Gasteiger partial charge in [-0.1, -0.05) is 12.1 Å². The van der Waals surface area contributed by atoms with Gasteiger partial charge in [0.1, 0.15) is 0 Å². The quantitative estimate of drug-likeness (QED) is 0.790. The van der Waals surface area contributed by atoms with Crippen molar-refractivity contribution < 1.29 is 13.2 Å². The molecule has 2 aromatic carbocycles. The number of nitrogens with zero attached hydrogens (tertiary/aromatic N) is 1. The molecular weight excluding hydrogens is 368 g/mol. The number of aryl methyl sites for hydroxylation is 1. The molecule has 1 amide bonds. The maximum absolute atomic E-state index is 12.7. The number of hydrogen-bond donors (Lipinski definition) is 1. The van der Waals surface area contributed by atoms with Gasteiger partial charge in [0.2, 0.25) is 10.0 Å². The third kappa shape index (κ3) is 3.73. The summed E-state index contributed by atoms with van der Waals surface area (Å²) in [6.45, 7) is 2.14. The van der Waals surface area contributed by atoms with Crippen LogP contribution in [-0.2, 0) is 16.4 Å². The average molecular weight is 391 g/mol. The number of thioether (sulfide) groups is 1. The minimum absolute atomic E-state index is 0.0696. The summed E-state index contributed by atoms with van der Waals surface area (Å²) in [5.74, 6) is -0.120. The second kappa shape index (κ2) is 7.72. The Labute approximate surface area is 158 Å². The molecule has 0 saturated carbocycles. The van der Waals surface area contributed by atoms with Gasteiger partial charge in [-0.25, -0.2) is 8.42 Å². The van der Waals surface area contributed by atoms with Crippen molar-refractivity contribution in [2.45, 2.75) is 24.7 Å². The molecule has 138 valence electrons. The van der Waals surface area contributed by atoms with Crippen molar-refractivity contribution >= 4 is 39.1 Å². The van der Waals surface area contributed by atoms with Crippen LogP contribution in [0.4, 0.5) is 11.4 Å². The normalized spacial score (nSPS) is 14.0. The highest BCUT2D eigenvalue weighted by atomic mass is 32.2. The molecule has 0 fully saturated rings. The summed E-state index contributed by atoms with van der Waals surface area (Å²) in [4.78, 5) is 13.6. The molecule has 7 heteroatoms. The molecule has 0 saturated heterocycles. The highest BCUT2D eigenvalue weighted by Crippen LogP contribution is 2.31. The molecule has 1 N–H and O–H groups in total. The van der Waals surface area contributed by atoms with E-state index < -0.39 is 10.0 Å². The van der Waals surface area contributed by atoms with Crippen LogP contribution in [0.1, 0.15) is 29.3 Å². The molecule has 0 atom stereocenters. The first-order valence-corrected chi connectivity index (χ1v) is 11.4. The lowest BCUT2D eigenvalue weighted by Crippen LogP contribution is -2.36. The zero-order chi connectivity index (χ0) is 18.7. The minimum Gasteiger partial charge on any atom is -0.321 e. The number of fused-ring (bicyclic) bond motifs is 1. The fraction of sp³-hybridized carbons (Fsp3) is 0.316. The van der Waals surface area contributed by atoms with Crippen LogP contribution >= 0.6 is 11.8 Å². The van der Waals surface area contributed by atoms with Gasteiger partial charge >= 0.3 is 0 Å². The Kier molecular flexibility index (Phi) is 5.58. The van der Waals surface area contributed by atoms with Gasteiger partial charge in [0, 0.05) is 17.0 Å². The van der Waals surface area contributed by atoms with Gasteiger partial charge in [-0.05, 0) is 61.9 Å². The van der Waals surface area contributed by atoms with Crippen molar-refractivity contribution in [2.24, 2.45) is 0 Å². The van der Waals surface area contributed by atoms with E-state index in [9.17, 15) is 13.2 Å². The van der Waals surface area contributed by atoms with Crippen LogP contribution in [0, 0.1) is 0 Å².